The predicted molar refractivity (Wildman–Crippen MR) is 97.0 cm³/mol. The molecule has 2 rings (SSSR count). The number of rotatable bonds is 6. The maximum Gasteiger partial charge on any atom is 0.255 e. The van der Waals surface area contributed by atoms with Crippen molar-refractivity contribution in [3.63, 3.8) is 0 Å². The highest BCUT2D eigenvalue weighted by atomic mass is 16.2. The molecule has 2 aromatic carbocycles. The third-order valence-electron chi connectivity index (χ3n) is 3.70. The van der Waals surface area contributed by atoms with E-state index in [9.17, 15) is 9.59 Å². The fraction of sp³-hybridized carbons (Fsp3) is 0.263. The van der Waals surface area contributed by atoms with Crippen LogP contribution in [0.4, 0.5) is 11.4 Å². The highest BCUT2D eigenvalue weighted by Crippen LogP contribution is 2.18. The van der Waals surface area contributed by atoms with E-state index in [1.807, 2.05) is 13.0 Å². The first-order chi connectivity index (χ1) is 11.4. The molecule has 0 spiro atoms. The Labute approximate surface area is 142 Å². The minimum absolute atomic E-state index is 0.200. The zero-order valence-corrected chi connectivity index (χ0v) is 14.0. The lowest BCUT2D eigenvalue weighted by molar-refractivity contribution is -0.120. The van der Waals surface area contributed by atoms with E-state index >= 15 is 0 Å². The van der Waals surface area contributed by atoms with E-state index in [-0.39, 0.29) is 11.8 Å². The first kappa shape index (κ1) is 17.7. The number of benzene rings is 2. The van der Waals surface area contributed by atoms with Crippen molar-refractivity contribution in [1.29, 1.82) is 0 Å². The molecule has 5 heteroatoms. The molecule has 0 aliphatic rings. The van der Waals surface area contributed by atoms with Crippen LogP contribution in [0.25, 0.3) is 0 Å². The third kappa shape index (κ3) is 4.67. The van der Waals surface area contributed by atoms with Crippen LogP contribution in [0, 0.1) is 0 Å². The fourth-order valence-electron chi connectivity index (χ4n) is 2.37. The molecule has 0 aromatic heterocycles. The summed E-state index contributed by atoms with van der Waals surface area (Å²) < 4.78 is 0. The maximum absolute atomic E-state index is 12.3. The highest BCUT2D eigenvalue weighted by molar-refractivity contribution is 6.05. The standard InChI is InChI=1S/C19H23N3O2/c1-3-12-19(2,20)18(24)22-16-11-7-10-15(13-16)21-17(23)14-8-5-4-6-9-14/h4-11,13H,3,12,20H2,1-2H3,(H,21,23)(H,22,24). The lowest BCUT2D eigenvalue weighted by Gasteiger charge is -2.23. The first-order valence-electron chi connectivity index (χ1n) is 7.99. The summed E-state index contributed by atoms with van der Waals surface area (Å²) in [4.78, 5) is 24.4. The molecule has 24 heavy (non-hydrogen) atoms. The normalized spacial score (nSPS) is 13.0. The van der Waals surface area contributed by atoms with Crippen LogP contribution in [0.2, 0.25) is 0 Å². The van der Waals surface area contributed by atoms with Crippen LogP contribution < -0.4 is 16.4 Å². The molecule has 0 bridgehead atoms. The first-order valence-corrected chi connectivity index (χ1v) is 7.99. The molecule has 5 nitrogen and oxygen atoms in total. The van der Waals surface area contributed by atoms with E-state index in [2.05, 4.69) is 10.6 Å². The Hall–Kier alpha value is -2.66. The second-order valence-electron chi connectivity index (χ2n) is 6.02. The van der Waals surface area contributed by atoms with Crippen LogP contribution in [-0.4, -0.2) is 17.4 Å². The van der Waals surface area contributed by atoms with E-state index in [4.69, 9.17) is 5.73 Å². The molecule has 0 aliphatic carbocycles. The van der Waals surface area contributed by atoms with Crippen LogP contribution in [0.5, 0.6) is 0 Å². The number of carbonyl (C=O) groups excluding carboxylic acids is 2. The van der Waals surface area contributed by atoms with Crippen molar-refractivity contribution < 1.29 is 9.59 Å². The van der Waals surface area contributed by atoms with Crippen molar-refractivity contribution in [1.82, 2.24) is 0 Å². The van der Waals surface area contributed by atoms with E-state index in [1.165, 1.54) is 0 Å². The Morgan fingerprint density at radius 3 is 2.25 bits per heavy atom. The number of hydrogen-bond donors (Lipinski definition) is 3. The SMILES string of the molecule is CCCC(C)(N)C(=O)Nc1cccc(NC(=O)c2ccccc2)c1. The van der Waals surface area contributed by atoms with Gasteiger partial charge >= 0.3 is 0 Å². The average Bonchev–Trinajstić information content (AvgIpc) is 2.56. The average molecular weight is 325 g/mol. The van der Waals surface area contributed by atoms with Crippen LogP contribution >= 0.6 is 0 Å². The molecule has 0 saturated heterocycles. The van der Waals surface area contributed by atoms with Crippen LogP contribution in [-0.2, 0) is 4.79 Å². The summed E-state index contributed by atoms with van der Waals surface area (Å²) >= 11 is 0. The van der Waals surface area contributed by atoms with Gasteiger partial charge in [0.25, 0.3) is 5.91 Å². The Bertz CT molecular complexity index is 712. The van der Waals surface area contributed by atoms with Crippen molar-refractivity contribution >= 4 is 23.2 Å². The molecule has 126 valence electrons. The summed E-state index contributed by atoms with van der Waals surface area (Å²) in [5.41, 5.74) is 6.89. The van der Waals surface area contributed by atoms with Gasteiger partial charge in [-0.15, -0.1) is 0 Å². The molecule has 1 atom stereocenters. The van der Waals surface area contributed by atoms with Crippen LogP contribution in [0.15, 0.2) is 54.6 Å². The van der Waals surface area contributed by atoms with Crippen molar-refractivity contribution in [3.8, 4) is 0 Å². The van der Waals surface area contributed by atoms with Gasteiger partial charge in [0.2, 0.25) is 5.91 Å². The van der Waals surface area contributed by atoms with Gasteiger partial charge in [-0.25, -0.2) is 0 Å². The quantitative estimate of drug-likeness (QED) is 0.761. The smallest absolute Gasteiger partial charge is 0.255 e. The lowest BCUT2D eigenvalue weighted by Crippen LogP contribution is -2.48. The number of amides is 2. The van der Waals surface area contributed by atoms with Crippen molar-refractivity contribution in [2.24, 2.45) is 5.73 Å². The number of nitrogens with two attached hydrogens (primary N) is 1. The van der Waals surface area contributed by atoms with E-state index in [0.29, 0.717) is 23.4 Å². The molecule has 0 fully saturated rings. The minimum Gasteiger partial charge on any atom is -0.324 e. The monoisotopic (exact) mass is 325 g/mol. The zero-order valence-electron chi connectivity index (χ0n) is 14.0. The van der Waals surface area contributed by atoms with Gasteiger partial charge < -0.3 is 16.4 Å². The summed E-state index contributed by atoms with van der Waals surface area (Å²) in [5, 5.41) is 5.62. The maximum atomic E-state index is 12.3. The Morgan fingerprint density at radius 2 is 1.62 bits per heavy atom. The molecular weight excluding hydrogens is 302 g/mol. The summed E-state index contributed by atoms with van der Waals surface area (Å²) in [6.07, 6.45) is 1.43. The second kappa shape index (κ2) is 7.75. The van der Waals surface area contributed by atoms with E-state index < -0.39 is 5.54 Å². The number of carbonyl (C=O) groups is 2. The molecule has 4 N–H and O–H groups in total. The van der Waals surface area contributed by atoms with Gasteiger partial charge in [-0.2, -0.15) is 0 Å². The molecule has 0 heterocycles. The molecule has 0 saturated carbocycles. The van der Waals surface area contributed by atoms with E-state index in [0.717, 1.165) is 6.42 Å². The van der Waals surface area contributed by atoms with Gasteiger partial charge in [-0.1, -0.05) is 37.6 Å². The summed E-state index contributed by atoms with van der Waals surface area (Å²) in [6, 6.07) is 16.0. The predicted octanol–water partition coefficient (Wildman–Crippen LogP) is 3.39. The third-order valence-corrected chi connectivity index (χ3v) is 3.70. The Kier molecular flexibility index (Phi) is 5.71. The van der Waals surface area contributed by atoms with Gasteiger partial charge in [-0.3, -0.25) is 9.59 Å². The van der Waals surface area contributed by atoms with Gasteiger partial charge in [0.05, 0.1) is 5.54 Å². The summed E-state index contributed by atoms with van der Waals surface area (Å²) in [7, 11) is 0. The Morgan fingerprint density at radius 1 is 1.00 bits per heavy atom. The van der Waals surface area contributed by atoms with Crippen LogP contribution in [0.3, 0.4) is 0 Å². The molecule has 2 amide bonds. The topological polar surface area (TPSA) is 84.2 Å². The number of anilines is 2. The molecule has 0 aliphatic heterocycles. The van der Waals surface area contributed by atoms with Crippen molar-refractivity contribution in [2.45, 2.75) is 32.2 Å². The summed E-state index contributed by atoms with van der Waals surface area (Å²) in [5.74, 6) is -0.440. The minimum atomic E-state index is -0.919. The lowest BCUT2D eigenvalue weighted by atomic mass is 9.96. The molecular formula is C19H23N3O2. The zero-order chi connectivity index (χ0) is 17.6. The molecule has 1 unspecified atom stereocenters. The van der Waals surface area contributed by atoms with E-state index in [1.54, 1.807) is 55.5 Å². The number of hydrogen-bond acceptors (Lipinski definition) is 3. The second-order valence-corrected chi connectivity index (χ2v) is 6.02. The van der Waals surface area contributed by atoms with Gasteiger partial charge in [0.1, 0.15) is 0 Å². The van der Waals surface area contributed by atoms with Gasteiger partial charge in [0, 0.05) is 16.9 Å². The highest BCUT2D eigenvalue weighted by Gasteiger charge is 2.27. The van der Waals surface area contributed by atoms with Crippen molar-refractivity contribution in [2.75, 3.05) is 10.6 Å². The molecule has 0 radical (unpaired) electrons. The number of nitrogens with one attached hydrogen (secondary N) is 2. The largest absolute Gasteiger partial charge is 0.324 e. The van der Waals surface area contributed by atoms with Crippen molar-refractivity contribution in [3.05, 3.63) is 60.2 Å². The van der Waals surface area contributed by atoms with Gasteiger partial charge in [-0.05, 0) is 43.7 Å². The Balaban J connectivity index is 2.06. The molecule has 2 aromatic rings. The fourth-order valence-corrected chi connectivity index (χ4v) is 2.37. The van der Waals surface area contributed by atoms with Crippen LogP contribution in [0.1, 0.15) is 37.0 Å². The van der Waals surface area contributed by atoms with Gasteiger partial charge in [0.15, 0.2) is 0 Å². The summed E-state index contributed by atoms with van der Waals surface area (Å²) in [6.45, 7) is 3.70.